The van der Waals surface area contributed by atoms with Crippen LogP contribution in [-0.2, 0) is 15.7 Å². The SMILES string of the molecule is Nc1ncc(S(=O)(=O)NC2(CF)CC2)cc1C1(F)CCNCC1. The van der Waals surface area contributed by atoms with Crippen LogP contribution in [0.2, 0.25) is 0 Å². The van der Waals surface area contributed by atoms with E-state index in [2.05, 4.69) is 15.0 Å². The molecule has 0 radical (unpaired) electrons. The molecule has 128 valence electrons. The van der Waals surface area contributed by atoms with E-state index in [1.165, 1.54) is 6.07 Å². The number of alkyl halides is 2. The molecule has 1 aromatic heterocycles. The molecule has 0 aromatic carbocycles. The van der Waals surface area contributed by atoms with Gasteiger partial charge in [0.15, 0.2) is 0 Å². The topological polar surface area (TPSA) is 97.1 Å². The molecule has 1 saturated heterocycles. The van der Waals surface area contributed by atoms with E-state index in [1.54, 1.807) is 0 Å². The zero-order valence-electron chi connectivity index (χ0n) is 12.6. The molecule has 0 unspecified atom stereocenters. The molecule has 23 heavy (non-hydrogen) atoms. The van der Waals surface area contributed by atoms with Crippen LogP contribution in [0, 0.1) is 0 Å². The van der Waals surface area contributed by atoms with Gasteiger partial charge in [-0.25, -0.2) is 26.9 Å². The number of sulfonamides is 1. The summed E-state index contributed by atoms with van der Waals surface area (Å²) >= 11 is 0. The monoisotopic (exact) mass is 346 g/mol. The Morgan fingerprint density at radius 3 is 2.52 bits per heavy atom. The summed E-state index contributed by atoms with van der Waals surface area (Å²) in [6.07, 6.45) is 2.39. The third-order valence-electron chi connectivity index (χ3n) is 4.54. The van der Waals surface area contributed by atoms with E-state index in [0.717, 1.165) is 6.20 Å². The predicted octanol–water partition coefficient (Wildman–Crippen LogP) is 0.992. The maximum absolute atomic E-state index is 15.1. The summed E-state index contributed by atoms with van der Waals surface area (Å²) in [5.41, 5.74) is 3.14. The first-order valence-electron chi connectivity index (χ1n) is 7.56. The van der Waals surface area contributed by atoms with Crippen molar-refractivity contribution in [1.29, 1.82) is 0 Å². The minimum absolute atomic E-state index is 0.0139. The van der Waals surface area contributed by atoms with Gasteiger partial charge in [0, 0.05) is 11.8 Å². The number of halogens is 2. The van der Waals surface area contributed by atoms with Crippen molar-refractivity contribution in [1.82, 2.24) is 15.0 Å². The lowest BCUT2D eigenvalue weighted by molar-refractivity contribution is 0.115. The lowest BCUT2D eigenvalue weighted by Gasteiger charge is -2.31. The highest BCUT2D eigenvalue weighted by Crippen LogP contribution is 2.40. The standard InChI is InChI=1S/C14H20F2N4O2S/c15-9-13(1-2-13)20-23(21,22)10-7-11(12(17)19-8-10)14(16)3-5-18-6-4-14/h7-8,18,20H,1-6,9H2,(H2,17,19). The van der Waals surface area contributed by atoms with Crippen LogP contribution < -0.4 is 15.8 Å². The molecule has 0 atom stereocenters. The summed E-state index contributed by atoms with van der Waals surface area (Å²) in [6.45, 7) is 0.201. The zero-order valence-corrected chi connectivity index (χ0v) is 13.4. The fourth-order valence-corrected chi connectivity index (χ4v) is 4.22. The maximum atomic E-state index is 15.1. The molecular weight excluding hydrogens is 326 g/mol. The molecule has 0 spiro atoms. The average molecular weight is 346 g/mol. The molecule has 1 aliphatic carbocycles. The van der Waals surface area contributed by atoms with Crippen LogP contribution >= 0.6 is 0 Å². The Kier molecular flexibility index (Phi) is 4.06. The van der Waals surface area contributed by atoms with Crippen molar-refractivity contribution in [3.8, 4) is 0 Å². The summed E-state index contributed by atoms with van der Waals surface area (Å²) in [6, 6.07) is 1.23. The van der Waals surface area contributed by atoms with Gasteiger partial charge in [-0.3, -0.25) is 0 Å². The van der Waals surface area contributed by atoms with Crippen molar-refractivity contribution in [3.05, 3.63) is 17.8 Å². The fraction of sp³-hybridized carbons (Fsp3) is 0.643. The number of nitrogen functional groups attached to an aromatic ring is 1. The first-order chi connectivity index (χ1) is 10.8. The average Bonchev–Trinajstić information content (AvgIpc) is 3.27. The smallest absolute Gasteiger partial charge is 0.242 e. The highest BCUT2D eigenvalue weighted by molar-refractivity contribution is 7.89. The number of nitrogens with zero attached hydrogens (tertiary/aromatic N) is 1. The predicted molar refractivity (Wildman–Crippen MR) is 81.8 cm³/mol. The van der Waals surface area contributed by atoms with Crippen LogP contribution in [0.5, 0.6) is 0 Å². The summed E-state index contributed by atoms with van der Waals surface area (Å²) in [7, 11) is -3.96. The van der Waals surface area contributed by atoms with Crippen molar-refractivity contribution in [3.63, 3.8) is 0 Å². The van der Waals surface area contributed by atoms with Crippen molar-refractivity contribution in [2.75, 3.05) is 25.5 Å². The molecular formula is C14H20F2N4O2S. The Hall–Kier alpha value is -1.32. The van der Waals surface area contributed by atoms with Gasteiger partial charge in [-0.15, -0.1) is 0 Å². The minimum atomic E-state index is -3.96. The number of piperidine rings is 1. The maximum Gasteiger partial charge on any atom is 0.242 e. The van der Waals surface area contributed by atoms with Crippen molar-refractivity contribution in [2.45, 2.75) is 41.8 Å². The number of hydrogen-bond acceptors (Lipinski definition) is 5. The molecule has 6 nitrogen and oxygen atoms in total. The first-order valence-corrected chi connectivity index (χ1v) is 9.04. The largest absolute Gasteiger partial charge is 0.383 e. The fourth-order valence-electron chi connectivity index (χ4n) is 2.81. The Balaban J connectivity index is 1.94. The van der Waals surface area contributed by atoms with Crippen LogP contribution in [-0.4, -0.2) is 38.7 Å². The second-order valence-corrected chi connectivity index (χ2v) is 8.02. The molecule has 3 rings (SSSR count). The molecule has 9 heteroatoms. The third-order valence-corrected chi connectivity index (χ3v) is 6.09. The van der Waals surface area contributed by atoms with Crippen LogP contribution in [0.4, 0.5) is 14.6 Å². The summed E-state index contributed by atoms with van der Waals surface area (Å²) in [5, 5.41) is 3.05. The molecule has 2 aliphatic rings. The van der Waals surface area contributed by atoms with Gasteiger partial charge in [0.25, 0.3) is 0 Å². The number of nitrogens with one attached hydrogen (secondary N) is 2. The number of pyridine rings is 1. The second kappa shape index (κ2) is 5.64. The Labute approximate surface area is 133 Å². The van der Waals surface area contributed by atoms with E-state index in [0.29, 0.717) is 25.9 Å². The summed E-state index contributed by atoms with van der Waals surface area (Å²) in [4.78, 5) is 3.66. The van der Waals surface area contributed by atoms with Crippen LogP contribution in [0.25, 0.3) is 0 Å². The number of hydrogen-bond donors (Lipinski definition) is 3. The Morgan fingerprint density at radius 2 is 1.96 bits per heavy atom. The number of nitrogens with two attached hydrogens (primary N) is 1. The van der Waals surface area contributed by atoms with Crippen molar-refractivity contribution in [2.24, 2.45) is 0 Å². The molecule has 1 saturated carbocycles. The highest BCUT2D eigenvalue weighted by atomic mass is 32.2. The van der Waals surface area contributed by atoms with Gasteiger partial charge < -0.3 is 11.1 Å². The van der Waals surface area contributed by atoms with Crippen LogP contribution in [0.3, 0.4) is 0 Å². The molecule has 0 amide bonds. The molecule has 2 fully saturated rings. The van der Waals surface area contributed by atoms with Gasteiger partial charge in [0.2, 0.25) is 10.0 Å². The molecule has 2 heterocycles. The van der Waals surface area contributed by atoms with Gasteiger partial charge in [-0.2, -0.15) is 0 Å². The molecule has 1 aromatic rings. The minimum Gasteiger partial charge on any atom is -0.383 e. The van der Waals surface area contributed by atoms with E-state index >= 15 is 4.39 Å². The second-order valence-electron chi connectivity index (χ2n) is 6.34. The highest BCUT2D eigenvalue weighted by Gasteiger charge is 2.46. The van der Waals surface area contributed by atoms with E-state index in [1.807, 2.05) is 0 Å². The van der Waals surface area contributed by atoms with Gasteiger partial charge >= 0.3 is 0 Å². The number of rotatable bonds is 5. The number of anilines is 1. The quantitative estimate of drug-likeness (QED) is 0.739. The van der Waals surface area contributed by atoms with Gasteiger partial charge in [-0.1, -0.05) is 0 Å². The normalized spacial score (nSPS) is 22.7. The first kappa shape index (κ1) is 16.5. The molecule has 1 aliphatic heterocycles. The van der Waals surface area contributed by atoms with E-state index in [4.69, 9.17) is 5.73 Å². The lowest BCUT2D eigenvalue weighted by atomic mass is 9.87. The van der Waals surface area contributed by atoms with Gasteiger partial charge in [0.05, 0.1) is 5.54 Å². The Morgan fingerprint density at radius 1 is 1.30 bits per heavy atom. The zero-order chi connectivity index (χ0) is 16.7. The summed E-state index contributed by atoms with van der Waals surface area (Å²) < 4.78 is 55.2. The van der Waals surface area contributed by atoms with E-state index < -0.39 is 27.9 Å². The van der Waals surface area contributed by atoms with Gasteiger partial charge in [0.1, 0.15) is 23.1 Å². The number of aromatic nitrogens is 1. The van der Waals surface area contributed by atoms with E-state index in [9.17, 15) is 12.8 Å². The van der Waals surface area contributed by atoms with Gasteiger partial charge in [-0.05, 0) is 44.8 Å². The van der Waals surface area contributed by atoms with Crippen molar-refractivity contribution >= 4 is 15.8 Å². The van der Waals surface area contributed by atoms with Crippen molar-refractivity contribution < 1.29 is 17.2 Å². The Bertz CT molecular complexity index is 701. The lowest BCUT2D eigenvalue weighted by Crippen LogP contribution is -2.39. The van der Waals surface area contributed by atoms with Crippen LogP contribution in [0.1, 0.15) is 31.2 Å². The third kappa shape index (κ3) is 3.17. The van der Waals surface area contributed by atoms with E-state index in [-0.39, 0.29) is 29.1 Å². The molecule has 0 bridgehead atoms. The molecule has 4 N–H and O–H groups in total. The van der Waals surface area contributed by atoms with Crippen LogP contribution in [0.15, 0.2) is 17.2 Å². The summed E-state index contributed by atoms with van der Waals surface area (Å²) in [5.74, 6) is -0.0139.